The van der Waals surface area contributed by atoms with Gasteiger partial charge in [0.05, 0.1) is 17.7 Å². The smallest absolute Gasteiger partial charge is 0.265 e. The number of carbonyl (C=O) groups is 2. The van der Waals surface area contributed by atoms with Gasteiger partial charge in [0.2, 0.25) is 5.91 Å². The van der Waals surface area contributed by atoms with Gasteiger partial charge in [0.25, 0.3) is 5.91 Å². The predicted molar refractivity (Wildman–Crippen MR) is 112 cm³/mol. The van der Waals surface area contributed by atoms with E-state index in [1.54, 1.807) is 25.3 Å². The minimum absolute atomic E-state index is 0.174. The van der Waals surface area contributed by atoms with Gasteiger partial charge in [-0.1, -0.05) is 24.3 Å². The quantitative estimate of drug-likeness (QED) is 0.674. The van der Waals surface area contributed by atoms with E-state index in [-0.39, 0.29) is 11.8 Å². The third kappa shape index (κ3) is 3.51. The first-order valence-corrected chi connectivity index (χ1v) is 9.85. The SMILES string of the molecule is COc1ccc(NC(C)=O)cc1NC(=O)c1cc2c(s1)-c1ccccc1CC2. The molecule has 0 radical (unpaired) electrons. The summed E-state index contributed by atoms with van der Waals surface area (Å²) in [5.74, 6) is 0.177. The molecule has 6 heteroatoms. The van der Waals surface area contributed by atoms with Gasteiger partial charge in [-0.2, -0.15) is 0 Å². The summed E-state index contributed by atoms with van der Waals surface area (Å²) in [5.41, 5.74) is 4.88. The number of aryl methyl sites for hydroxylation is 2. The van der Waals surface area contributed by atoms with Crippen molar-refractivity contribution in [1.82, 2.24) is 0 Å². The number of methoxy groups -OCH3 is 1. The zero-order chi connectivity index (χ0) is 19.7. The second-order valence-electron chi connectivity index (χ2n) is 6.67. The minimum Gasteiger partial charge on any atom is -0.495 e. The summed E-state index contributed by atoms with van der Waals surface area (Å²) >= 11 is 1.51. The number of nitrogens with one attached hydrogen (secondary N) is 2. The van der Waals surface area contributed by atoms with E-state index in [1.807, 2.05) is 12.1 Å². The van der Waals surface area contributed by atoms with Crippen molar-refractivity contribution in [1.29, 1.82) is 0 Å². The molecule has 1 heterocycles. The van der Waals surface area contributed by atoms with Gasteiger partial charge in [-0.25, -0.2) is 0 Å². The Hall–Kier alpha value is -3.12. The van der Waals surface area contributed by atoms with Crippen LogP contribution in [0.4, 0.5) is 11.4 Å². The van der Waals surface area contributed by atoms with E-state index in [2.05, 4.69) is 28.8 Å². The number of carbonyl (C=O) groups excluding carboxylic acids is 2. The molecule has 0 spiro atoms. The van der Waals surface area contributed by atoms with Crippen LogP contribution in [0.2, 0.25) is 0 Å². The molecule has 1 aliphatic rings. The molecular formula is C22H20N2O3S. The Morgan fingerprint density at radius 2 is 1.79 bits per heavy atom. The number of thiophene rings is 1. The molecule has 4 rings (SSSR count). The van der Waals surface area contributed by atoms with Gasteiger partial charge in [-0.3, -0.25) is 9.59 Å². The first-order valence-electron chi connectivity index (χ1n) is 9.03. The lowest BCUT2D eigenvalue weighted by Gasteiger charge is -2.15. The summed E-state index contributed by atoms with van der Waals surface area (Å²) in [5, 5.41) is 5.64. The van der Waals surface area contributed by atoms with Crippen LogP contribution in [0.25, 0.3) is 10.4 Å². The highest BCUT2D eigenvalue weighted by atomic mass is 32.1. The molecular weight excluding hydrogens is 372 g/mol. The van der Waals surface area contributed by atoms with E-state index in [9.17, 15) is 9.59 Å². The highest BCUT2D eigenvalue weighted by Crippen LogP contribution is 2.40. The van der Waals surface area contributed by atoms with Crippen molar-refractivity contribution in [2.45, 2.75) is 19.8 Å². The van der Waals surface area contributed by atoms with Crippen molar-refractivity contribution in [2.24, 2.45) is 0 Å². The number of fused-ring (bicyclic) bond motifs is 3. The van der Waals surface area contributed by atoms with Crippen molar-refractivity contribution in [3.05, 3.63) is 64.5 Å². The second-order valence-corrected chi connectivity index (χ2v) is 7.72. The second kappa shape index (κ2) is 7.48. The zero-order valence-corrected chi connectivity index (χ0v) is 16.5. The molecule has 2 N–H and O–H groups in total. The first kappa shape index (κ1) is 18.3. The van der Waals surface area contributed by atoms with Crippen molar-refractivity contribution < 1.29 is 14.3 Å². The fourth-order valence-electron chi connectivity index (χ4n) is 3.45. The molecule has 0 saturated carbocycles. The van der Waals surface area contributed by atoms with Crippen LogP contribution in [0.5, 0.6) is 5.75 Å². The Morgan fingerprint density at radius 1 is 1.00 bits per heavy atom. The maximum atomic E-state index is 12.9. The number of benzene rings is 2. The fraction of sp³-hybridized carbons (Fsp3) is 0.182. The number of hydrogen-bond acceptors (Lipinski definition) is 4. The van der Waals surface area contributed by atoms with Crippen molar-refractivity contribution in [3.63, 3.8) is 0 Å². The highest BCUT2D eigenvalue weighted by molar-refractivity contribution is 7.17. The summed E-state index contributed by atoms with van der Waals surface area (Å²) in [6, 6.07) is 15.5. The zero-order valence-electron chi connectivity index (χ0n) is 15.7. The summed E-state index contributed by atoms with van der Waals surface area (Å²) in [6.07, 6.45) is 1.94. The lowest BCUT2D eigenvalue weighted by molar-refractivity contribution is -0.114. The van der Waals surface area contributed by atoms with Crippen LogP contribution < -0.4 is 15.4 Å². The van der Waals surface area contributed by atoms with E-state index in [0.717, 1.165) is 12.8 Å². The van der Waals surface area contributed by atoms with Gasteiger partial charge >= 0.3 is 0 Å². The molecule has 0 aliphatic heterocycles. The third-order valence-corrected chi connectivity index (χ3v) is 5.94. The van der Waals surface area contributed by atoms with Gasteiger partial charge in [-0.05, 0) is 53.8 Å². The average Bonchev–Trinajstić information content (AvgIpc) is 3.13. The molecule has 0 atom stereocenters. The number of ether oxygens (including phenoxy) is 1. The largest absolute Gasteiger partial charge is 0.495 e. The minimum atomic E-state index is -0.185. The third-order valence-electron chi connectivity index (χ3n) is 4.73. The van der Waals surface area contributed by atoms with Crippen molar-refractivity contribution in [2.75, 3.05) is 17.7 Å². The van der Waals surface area contributed by atoms with Gasteiger partial charge in [-0.15, -0.1) is 11.3 Å². The lowest BCUT2D eigenvalue weighted by Crippen LogP contribution is -2.12. The molecule has 0 unspecified atom stereocenters. The number of hydrogen-bond donors (Lipinski definition) is 2. The van der Waals surface area contributed by atoms with Crippen LogP contribution >= 0.6 is 11.3 Å². The number of anilines is 2. The van der Waals surface area contributed by atoms with Gasteiger partial charge in [0.15, 0.2) is 0 Å². The molecule has 1 aromatic heterocycles. The number of amides is 2. The van der Waals surface area contributed by atoms with Crippen LogP contribution in [0.3, 0.4) is 0 Å². The Kier molecular flexibility index (Phi) is 4.88. The summed E-state index contributed by atoms with van der Waals surface area (Å²) in [6.45, 7) is 1.44. The normalized spacial score (nSPS) is 11.9. The maximum absolute atomic E-state index is 12.9. The van der Waals surface area contributed by atoms with Gasteiger partial charge in [0, 0.05) is 17.5 Å². The lowest BCUT2D eigenvalue weighted by atomic mass is 9.91. The Bertz CT molecular complexity index is 1070. The van der Waals surface area contributed by atoms with Crippen molar-refractivity contribution in [3.8, 4) is 16.2 Å². The Labute approximate surface area is 167 Å². The summed E-state index contributed by atoms with van der Waals surface area (Å²) in [4.78, 5) is 26.0. The van der Waals surface area contributed by atoms with E-state index in [1.165, 1.54) is 39.8 Å². The number of rotatable bonds is 4. The van der Waals surface area contributed by atoms with Gasteiger partial charge in [0.1, 0.15) is 5.75 Å². The average molecular weight is 392 g/mol. The molecule has 28 heavy (non-hydrogen) atoms. The molecule has 3 aromatic rings. The molecule has 0 saturated heterocycles. The Morgan fingerprint density at radius 3 is 2.57 bits per heavy atom. The molecule has 0 bridgehead atoms. The predicted octanol–water partition coefficient (Wildman–Crippen LogP) is 4.73. The van der Waals surface area contributed by atoms with Crippen LogP contribution in [0, 0.1) is 0 Å². The molecule has 142 valence electrons. The molecule has 0 fully saturated rings. The van der Waals surface area contributed by atoms with E-state index in [0.29, 0.717) is 22.0 Å². The summed E-state index contributed by atoms with van der Waals surface area (Å²) in [7, 11) is 1.55. The molecule has 5 nitrogen and oxygen atoms in total. The maximum Gasteiger partial charge on any atom is 0.265 e. The first-order chi connectivity index (χ1) is 13.5. The molecule has 2 amide bonds. The summed E-state index contributed by atoms with van der Waals surface area (Å²) < 4.78 is 5.35. The monoisotopic (exact) mass is 392 g/mol. The van der Waals surface area contributed by atoms with Gasteiger partial charge < -0.3 is 15.4 Å². The Balaban J connectivity index is 1.62. The van der Waals surface area contributed by atoms with Crippen LogP contribution in [0.15, 0.2) is 48.5 Å². The van der Waals surface area contributed by atoms with Crippen LogP contribution in [-0.4, -0.2) is 18.9 Å². The van der Waals surface area contributed by atoms with E-state index < -0.39 is 0 Å². The standard InChI is InChI=1S/C22H20N2O3S/c1-13(25)23-16-9-10-19(27-2)18(12-16)24-22(26)20-11-15-8-7-14-5-3-4-6-17(14)21(15)28-20/h3-6,9-12H,7-8H2,1-2H3,(H,23,25)(H,24,26). The van der Waals surface area contributed by atoms with Crippen LogP contribution in [0.1, 0.15) is 27.7 Å². The van der Waals surface area contributed by atoms with Crippen LogP contribution in [-0.2, 0) is 17.6 Å². The van der Waals surface area contributed by atoms with E-state index in [4.69, 9.17) is 4.74 Å². The molecule has 2 aromatic carbocycles. The topological polar surface area (TPSA) is 67.4 Å². The highest BCUT2D eigenvalue weighted by Gasteiger charge is 2.22. The molecule has 1 aliphatic carbocycles. The fourth-order valence-corrected chi connectivity index (χ4v) is 4.62. The van der Waals surface area contributed by atoms with E-state index >= 15 is 0 Å². The van der Waals surface area contributed by atoms with Crippen molar-refractivity contribution >= 4 is 34.5 Å².